The fourth-order valence-corrected chi connectivity index (χ4v) is 4.39. The minimum Gasteiger partial charge on any atom is -0.493 e. The van der Waals surface area contributed by atoms with Crippen LogP contribution >= 0.6 is 0 Å². The van der Waals surface area contributed by atoms with E-state index in [2.05, 4.69) is 19.2 Å². The lowest BCUT2D eigenvalue weighted by Crippen LogP contribution is -2.58. The monoisotopic (exact) mass is 485 g/mol. The number of nitrogens with one attached hydrogen (secondary N) is 1. The Morgan fingerprint density at radius 2 is 1.77 bits per heavy atom. The summed E-state index contributed by atoms with van der Waals surface area (Å²) in [6, 6.07) is 13.3. The van der Waals surface area contributed by atoms with E-state index in [-0.39, 0.29) is 17.9 Å². The van der Waals surface area contributed by atoms with Gasteiger partial charge < -0.3 is 25.0 Å². The Morgan fingerprint density at radius 1 is 1.14 bits per heavy atom. The maximum Gasteiger partial charge on any atom is 0.407 e. The molecule has 190 valence electrons. The molecule has 8 heteroatoms. The third-order valence-corrected chi connectivity index (χ3v) is 6.30. The topological polar surface area (TPSA) is 82.1 Å². The van der Waals surface area contributed by atoms with Gasteiger partial charge in [0.2, 0.25) is 0 Å². The first kappa shape index (κ1) is 26.3. The zero-order valence-electron chi connectivity index (χ0n) is 21.0. The number of nitrogens with zero attached hydrogens (tertiary/aromatic N) is 2. The quantitative estimate of drug-likeness (QED) is 0.518. The summed E-state index contributed by atoms with van der Waals surface area (Å²) < 4.78 is 19.1. The Hall–Kier alpha value is -3.29. The fourth-order valence-electron chi connectivity index (χ4n) is 4.39. The number of ether oxygens (including phenoxy) is 1. The average Bonchev–Trinajstić information content (AvgIpc) is 2.80. The van der Waals surface area contributed by atoms with Gasteiger partial charge in [0.1, 0.15) is 11.6 Å². The lowest BCUT2D eigenvalue weighted by Gasteiger charge is -2.47. The maximum atomic E-state index is 13.4. The predicted octanol–water partition coefficient (Wildman–Crippen LogP) is 5.49. The standard InChI is InChI=1S/C27H36FN3O4/c1-19(2)18-35-24-11-7-20(8-12-24)16-29-25(32)30(17-21-5-9-22(28)10-6-21)23-13-14-31(26(33)34)27(3,4)15-23/h5-12,19,23H,13-18H2,1-4H3,(H,29,32)(H,33,34)/t23-/m1/s1. The molecule has 35 heavy (non-hydrogen) atoms. The van der Waals surface area contributed by atoms with Gasteiger partial charge in [-0.3, -0.25) is 0 Å². The van der Waals surface area contributed by atoms with E-state index in [4.69, 9.17) is 4.74 Å². The third kappa shape index (κ3) is 7.34. The number of hydrogen-bond acceptors (Lipinski definition) is 3. The van der Waals surface area contributed by atoms with Crippen molar-refractivity contribution < 1.29 is 23.8 Å². The van der Waals surface area contributed by atoms with Crippen LogP contribution in [-0.2, 0) is 13.1 Å². The van der Waals surface area contributed by atoms with Crippen molar-refractivity contribution >= 4 is 12.1 Å². The van der Waals surface area contributed by atoms with Crippen LogP contribution in [0.2, 0.25) is 0 Å². The van der Waals surface area contributed by atoms with E-state index in [1.54, 1.807) is 17.0 Å². The molecule has 3 amide bonds. The van der Waals surface area contributed by atoms with Gasteiger partial charge in [-0.2, -0.15) is 0 Å². The minimum absolute atomic E-state index is 0.155. The largest absolute Gasteiger partial charge is 0.493 e. The molecule has 0 aromatic heterocycles. The first-order chi connectivity index (χ1) is 16.5. The van der Waals surface area contributed by atoms with Crippen molar-refractivity contribution in [3.8, 4) is 5.75 Å². The van der Waals surface area contributed by atoms with Gasteiger partial charge in [0, 0.05) is 31.2 Å². The van der Waals surface area contributed by atoms with Crippen molar-refractivity contribution in [2.45, 2.75) is 65.2 Å². The molecular weight excluding hydrogens is 449 g/mol. The Labute approximate surface area is 206 Å². The molecule has 0 radical (unpaired) electrons. The Balaban J connectivity index is 1.70. The van der Waals surface area contributed by atoms with Gasteiger partial charge in [0.25, 0.3) is 0 Å². The van der Waals surface area contributed by atoms with Gasteiger partial charge in [-0.05, 0) is 68.0 Å². The van der Waals surface area contributed by atoms with Gasteiger partial charge in [0.05, 0.1) is 6.61 Å². The molecule has 0 saturated carbocycles. The Kier molecular flexibility index (Phi) is 8.59. The molecule has 0 spiro atoms. The zero-order valence-corrected chi connectivity index (χ0v) is 21.0. The van der Waals surface area contributed by atoms with Crippen molar-refractivity contribution in [3.05, 3.63) is 65.5 Å². The molecule has 0 aliphatic carbocycles. The zero-order chi connectivity index (χ0) is 25.6. The molecule has 2 aromatic carbocycles. The SMILES string of the molecule is CC(C)COc1ccc(CNC(=O)N(Cc2ccc(F)cc2)[C@@H]2CCN(C(=O)O)C(C)(C)C2)cc1. The van der Waals surface area contributed by atoms with E-state index in [1.165, 1.54) is 17.0 Å². The summed E-state index contributed by atoms with van der Waals surface area (Å²) in [6.45, 7) is 9.59. The normalized spacial score (nSPS) is 17.2. The van der Waals surface area contributed by atoms with E-state index in [0.717, 1.165) is 16.9 Å². The molecule has 2 aromatic rings. The average molecular weight is 486 g/mol. The second-order valence-corrected chi connectivity index (χ2v) is 10.2. The molecule has 1 aliphatic rings. The van der Waals surface area contributed by atoms with E-state index >= 15 is 0 Å². The maximum absolute atomic E-state index is 13.4. The molecule has 0 bridgehead atoms. The van der Waals surface area contributed by atoms with Crippen molar-refractivity contribution in [2.75, 3.05) is 13.2 Å². The third-order valence-electron chi connectivity index (χ3n) is 6.30. The van der Waals surface area contributed by atoms with Crippen LogP contribution in [-0.4, -0.2) is 51.8 Å². The second kappa shape index (κ2) is 11.4. The highest BCUT2D eigenvalue weighted by Crippen LogP contribution is 2.31. The summed E-state index contributed by atoms with van der Waals surface area (Å²) in [4.78, 5) is 28.2. The summed E-state index contributed by atoms with van der Waals surface area (Å²) in [5.74, 6) is 0.897. The van der Waals surface area contributed by atoms with Crippen LogP contribution in [0.15, 0.2) is 48.5 Å². The minimum atomic E-state index is -0.955. The predicted molar refractivity (Wildman–Crippen MR) is 133 cm³/mol. The number of rotatable bonds is 8. The van der Waals surface area contributed by atoms with Crippen molar-refractivity contribution in [1.82, 2.24) is 15.1 Å². The van der Waals surface area contributed by atoms with Crippen molar-refractivity contribution in [3.63, 3.8) is 0 Å². The van der Waals surface area contributed by atoms with Crippen LogP contribution in [0.5, 0.6) is 5.75 Å². The van der Waals surface area contributed by atoms with Gasteiger partial charge in [-0.15, -0.1) is 0 Å². The van der Waals surface area contributed by atoms with Gasteiger partial charge in [-0.1, -0.05) is 38.1 Å². The molecule has 1 saturated heterocycles. The highest BCUT2D eigenvalue weighted by molar-refractivity contribution is 5.75. The number of carbonyl (C=O) groups excluding carboxylic acids is 1. The molecule has 1 heterocycles. The molecule has 1 atom stereocenters. The number of benzene rings is 2. The van der Waals surface area contributed by atoms with Crippen LogP contribution in [0.4, 0.5) is 14.0 Å². The summed E-state index contributed by atoms with van der Waals surface area (Å²) in [5.41, 5.74) is 1.15. The second-order valence-electron chi connectivity index (χ2n) is 10.2. The molecule has 3 rings (SSSR count). The molecule has 0 unspecified atom stereocenters. The summed E-state index contributed by atoms with van der Waals surface area (Å²) in [7, 11) is 0. The van der Waals surface area contributed by atoms with Crippen LogP contribution in [0.25, 0.3) is 0 Å². The first-order valence-electron chi connectivity index (χ1n) is 12.1. The lowest BCUT2D eigenvalue weighted by molar-refractivity contribution is 0.0317. The van der Waals surface area contributed by atoms with E-state index in [9.17, 15) is 19.1 Å². The highest BCUT2D eigenvalue weighted by atomic mass is 19.1. The first-order valence-corrected chi connectivity index (χ1v) is 12.1. The summed E-state index contributed by atoms with van der Waals surface area (Å²) in [6.07, 6.45) is 0.0889. The fraction of sp³-hybridized carbons (Fsp3) is 0.481. The number of carboxylic acid groups (broad SMARTS) is 1. The number of halogens is 1. The number of amides is 3. The highest BCUT2D eigenvalue weighted by Gasteiger charge is 2.40. The van der Waals surface area contributed by atoms with Crippen LogP contribution in [0, 0.1) is 11.7 Å². The number of likely N-dealkylation sites (tertiary alicyclic amines) is 1. The van der Waals surface area contributed by atoms with Gasteiger partial charge in [0.15, 0.2) is 0 Å². The lowest BCUT2D eigenvalue weighted by atomic mass is 9.86. The number of hydrogen-bond donors (Lipinski definition) is 2. The number of carbonyl (C=O) groups is 2. The van der Waals surface area contributed by atoms with Crippen molar-refractivity contribution in [1.29, 1.82) is 0 Å². The number of urea groups is 1. The summed E-state index contributed by atoms with van der Waals surface area (Å²) in [5, 5.41) is 12.5. The van der Waals surface area contributed by atoms with Crippen LogP contribution in [0.1, 0.15) is 51.7 Å². The van der Waals surface area contributed by atoms with Crippen LogP contribution < -0.4 is 10.1 Å². The van der Waals surface area contributed by atoms with E-state index in [0.29, 0.717) is 45.0 Å². The van der Waals surface area contributed by atoms with E-state index in [1.807, 2.05) is 38.1 Å². The Bertz CT molecular complexity index is 992. The smallest absolute Gasteiger partial charge is 0.407 e. The molecule has 2 N–H and O–H groups in total. The van der Waals surface area contributed by atoms with Crippen molar-refractivity contribution in [2.24, 2.45) is 5.92 Å². The van der Waals surface area contributed by atoms with E-state index < -0.39 is 11.6 Å². The molecular formula is C27H36FN3O4. The van der Waals surface area contributed by atoms with Crippen LogP contribution in [0.3, 0.4) is 0 Å². The Morgan fingerprint density at radius 3 is 2.34 bits per heavy atom. The van der Waals surface area contributed by atoms with Gasteiger partial charge in [-0.25, -0.2) is 14.0 Å². The summed E-state index contributed by atoms with van der Waals surface area (Å²) >= 11 is 0. The molecule has 7 nitrogen and oxygen atoms in total. The van der Waals surface area contributed by atoms with Gasteiger partial charge >= 0.3 is 12.1 Å². The molecule has 1 aliphatic heterocycles. The number of piperidine rings is 1. The molecule has 1 fully saturated rings.